The molecule has 0 radical (unpaired) electrons. The highest BCUT2D eigenvalue weighted by Crippen LogP contribution is 2.33. The molecule has 1 saturated carbocycles. The number of carbonyl (C=O) groups is 1. The number of benzene rings is 1. The first-order valence-corrected chi connectivity index (χ1v) is 11.7. The van der Waals surface area contributed by atoms with E-state index in [-0.39, 0.29) is 35.2 Å². The molecular formula is C17H21N5O3S2. The van der Waals surface area contributed by atoms with E-state index in [4.69, 9.17) is 0 Å². The van der Waals surface area contributed by atoms with Gasteiger partial charge in [-0.3, -0.25) is 4.79 Å². The second-order valence-electron chi connectivity index (χ2n) is 7.09. The summed E-state index contributed by atoms with van der Waals surface area (Å²) in [6.07, 6.45) is 2.44. The van der Waals surface area contributed by atoms with Gasteiger partial charge in [-0.15, -0.1) is 5.10 Å². The SMILES string of the molecule is Cc1ccc(-n2nnnc2SCC(=O)N(C2CC2)[C@H]2CCS(=O)(=O)C2)cc1. The predicted octanol–water partition coefficient (Wildman–Crippen LogP) is 1.24. The van der Waals surface area contributed by atoms with Crippen LogP contribution in [0.25, 0.3) is 5.69 Å². The lowest BCUT2D eigenvalue weighted by molar-refractivity contribution is -0.130. The fourth-order valence-corrected chi connectivity index (χ4v) is 5.84. The van der Waals surface area contributed by atoms with Gasteiger partial charge in [-0.05, 0) is 48.7 Å². The van der Waals surface area contributed by atoms with Crippen molar-refractivity contribution in [3.05, 3.63) is 29.8 Å². The van der Waals surface area contributed by atoms with Gasteiger partial charge in [-0.25, -0.2) is 8.42 Å². The molecular weight excluding hydrogens is 386 g/mol. The van der Waals surface area contributed by atoms with E-state index in [1.54, 1.807) is 9.58 Å². The number of nitrogens with zero attached hydrogens (tertiary/aromatic N) is 5. The first-order chi connectivity index (χ1) is 12.9. The standard InChI is InChI=1S/C17H21N5O3S2/c1-12-2-4-14(5-3-12)22-17(18-19-20-22)26-10-16(23)21(13-6-7-13)15-8-9-27(24,25)11-15/h2-5,13,15H,6-11H2,1H3/t15-/m0/s1. The summed E-state index contributed by atoms with van der Waals surface area (Å²) in [7, 11) is -3.02. The lowest BCUT2D eigenvalue weighted by Gasteiger charge is -2.28. The summed E-state index contributed by atoms with van der Waals surface area (Å²) in [5.74, 6) is 0.413. The smallest absolute Gasteiger partial charge is 0.233 e. The molecule has 1 aliphatic carbocycles. The van der Waals surface area contributed by atoms with E-state index in [1.165, 1.54) is 11.8 Å². The van der Waals surface area contributed by atoms with Crippen molar-refractivity contribution < 1.29 is 13.2 Å². The quantitative estimate of drug-likeness (QED) is 0.665. The van der Waals surface area contributed by atoms with Gasteiger partial charge in [0.25, 0.3) is 0 Å². The minimum absolute atomic E-state index is 0.0388. The molecule has 8 nitrogen and oxygen atoms in total. The van der Waals surface area contributed by atoms with E-state index in [2.05, 4.69) is 15.5 Å². The maximum atomic E-state index is 12.8. The van der Waals surface area contributed by atoms with Crippen LogP contribution in [-0.2, 0) is 14.6 Å². The first-order valence-electron chi connectivity index (χ1n) is 8.93. The zero-order valence-electron chi connectivity index (χ0n) is 15.0. The number of rotatable bonds is 6. The molecule has 0 unspecified atom stereocenters. The van der Waals surface area contributed by atoms with Crippen molar-refractivity contribution in [1.29, 1.82) is 0 Å². The number of aryl methyl sites for hydroxylation is 1. The van der Waals surface area contributed by atoms with Gasteiger partial charge in [0, 0.05) is 12.1 Å². The van der Waals surface area contributed by atoms with Crippen molar-refractivity contribution in [1.82, 2.24) is 25.1 Å². The molecule has 1 amide bonds. The number of hydrogen-bond acceptors (Lipinski definition) is 7. The number of thioether (sulfide) groups is 1. The summed E-state index contributed by atoms with van der Waals surface area (Å²) in [6.45, 7) is 2.01. The third kappa shape index (κ3) is 4.16. The van der Waals surface area contributed by atoms with Gasteiger partial charge in [0.05, 0.1) is 22.9 Å². The normalized spacial score (nSPS) is 21.3. The maximum absolute atomic E-state index is 12.8. The zero-order chi connectivity index (χ0) is 19.0. The van der Waals surface area contributed by atoms with Crippen LogP contribution >= 0.6 is 11.8 Å². The summed E-state index contributed by atoms with van der Waals surface area (Å²) < 4.78 is 25.2. The summed E-state index contributed by atoms with van der Waals surface area (Å²) in [5, 5.41) is 12.3. The van der Waals surface area contributed by atoms with Crippen molar-refractivity contribution in [2.75, 3.05) is 17.3 Å². The monoisotopic (exact) mass is 407 g/mol. The Balaban J connectivity index is 1.45. The molecule has 2 aliphatic rings. The van der Waals surface area contributed by atoms with Gasteiger partial charge in [-0.1, -0.05) is 29.5 Å². The highest BCUT2D eigenvalue weighted by molar-refractivity contribution is 7.99. The summed E-state index contributed by atoms with van der Waals surface area (Å²) >= 11 is 1.28. The number of amides is 1. The Bertz CT molecular complexity index is 938. The Morgan fingerprint density at radius 2 is 1.96 bits per heavy atom. The van der Waals surface area contributed by atoms with Gasteiger partial charge in [-0.2, -0.15) is 4.68 Å². The van der Waals surface area contributed by atoms with Gasteiger partial charge in [0.15, 0.2) is 9.84 Å². The third-order valence-electron chi connectivity index (χ3n) is 4.87. The van der Waals surface area contributed by atoms with E-state index in [0.29, 0.717) is 11.6 Å². The molecule has 0 bridgehead atoms. The Labute approximate surface area is 162 Å². The first kappa shape index (κ1) is 18.4. The minimum atomic E-state index is -3.02. The Morgan fingerprint density at radius 1 is 1.22 bits per heavy atom. The molecule has 1 aliphatic heterocycles. The second kappa shape index (κ2) is 7.23. The summed E-state index contributed by atoms with van der Waals surface area (Å²) in [5.41, 5.74) is 1.98. The third-order valence-corrected chi connectivity index (χ3v) is 7.53. The van der Waals surface area contributed by atoms with Crippen LogP contribution in [0, 0.1) is 6.92 Å². The molecule has 0 N–H and O–H groups in total. The van der Waals surface area contributed by atoms with Crippen molar-refractivity contribution >= 4 is 27.5 Å². The molecule has 144 valence electrons. The van der Waals surface area contributed by atoms with Crippen molar-refractivity contribution in [3.8, 4) is 5.69 Å². The molecule has 27 heavy (non-hydrogen) atoms. The summed E-state index contributed by atoms with van der Waals surface area (Å²) in [6, 6.07) is 7.81. The molecule has 2 heterocycles. The number of aromatic nitrogens is 4. The zero-order valence-corrected chi connectivity index (χ0v) is 16.6. The average Bonchev–Trinajstić information content (AvgIpc) is 3.23. The average molecular weight is 408 g/mol. The van der Waals surface area contributed by atoms with Gasteiger partial charge in [0.1, 0.15) is 0 Å². The highest BCUT2D eigenvalue weighted by Gasteiger charge is 2.42. The largest absolute Gasteiger partial charge is 0.335 e. The Kier molecular flexibility index (Phi) is 4.94. The second-order valence-corrected chi connectivity index (χ2v) is 10.3. The maximum Gasteiger partial charge on any atom is 0.233 e. The molecule has 10 heteroatoms. The van der Waals surface area contributed by atoms with Crippen LogP contribution in [0.5, 0.6) is 0 Å². The Hall–Kier alpha value is -1.94. The van der Waals surface area contributed by atoms with Crippen LogP contribution in [0.3, 0.4) is 0 Å². The lowest BCUT2D eigenvalue weighted by Crippen LogP contribution is -2.43. The molecule has 4 rings (SSSR count). The van der Waals surface area contributed by atoms with Crippen LogP contribution in [0.15, 0.2) is 29.4 Å². The topological polar surface area (TPSA) is 98.1 Å². The number of sulfone groups is 1. The van der Waals surface area contributed by atoms with Crippen LogP contribution in [0.2, 0.25) is 0 Å². The lowest BCUT2D eigenvalue weighted by atomic mass is 10.2. The molecule has 2 aromatic rings. The van der Waals surface area contributed by atoms with E-state index in [9.17, 15) is 13.2 Å². The fraction of sp³-hybridized carbons (Fsp3) is 0.529. The molecule has 2 fully saturated rings. The predicted molar refractivity (Wildman–Crippen MR) is 102 cm³/mol. The summed E-state index contributed by atoms with van der Waals surface area (Å²) in [4.78, 5) is 14.6. The van der Waals surface area contributed by atoms with Crippen LogP contribution < -0.4 is 0 Å². The van der Waals surface area contributed by atoms with Crippen molar-refractivity contribution in [3.63, 3.8) is 0 Å². The van der Waals surface area contributed by atoms with E-state index < -0.39 is 9.84 Å². The van der Waals surface area contributed by atoms with Gasteiger partial charge < -0.3 is 4.90 Å². The van der Waals surface area contributed by atoms with Gasteiger partial charge in [0.2, 0.25) is 11.1 Å². The molecule has 1 aromatic carbocycles. The van der Waals surface area contributed by atoms with E-state index >= 15 is 0 Å². The fourth-order valence-electron chi connectivity index (χ4n) is 3.37. The van der Waals surface area contributed by atoms with Crippen LogP contribution in [-0.4, -0.2) is 68.8 Å². The number of hydrogen-bond donors (Lipinski definition) is 0. The number of tetrazole rings is 1. The molecule has 0 spiro atoms. The molecule has 1 aromatic heterocycles. The molecule has 1 saturated heterocycles. The van der Waals surface area contributed by atoms with E-state index in [1.807, 2.05) is 31.2 Å². The van der Waals surface area contributed by atoms with Crippen LogP contribution in [0.4, 0.5) is 0 Å². The van der Waals surface area contributed by atoms with Gasteiger partial charge >= 0.3 is 0 Å². The highest BCUT2D eigenvalue weighted by atomic mass is 32.2. The Morgan fingerprint density at radius 3 is 2.59 bits per heavy atom. The molecule has 1 atom stereocenters. The van der Waals surface area contributed by atoms with E-state index in [0.717, 1.165) is 24.1 Å². The van der Waals surface area contributed by atoms with Crippen LogP contribution in [0.1, 0.15) is 24.8 Å². The number of carbonyl (C=O) groups excluding carboxylic acids is 1. The minimum Gasteiger partial charge on any atom is -0.335 e. The van der Waals surface area contributed by atoms with Crippen molar-refractivity contribution in [2.45, 2.75) is 43.4 Å². The van der Waals surface area contributed by atoms with Crippen molar-refractivity contribution in [2.24, 2.45) is 0 Å².